The molecular formula is C22H20N4O. The van der Waals surface area contributed by atoms with E-state index in [0.29, 0.717) is 18.7 Å². The van der Waals surface area contributed by atoms with Crippen molar-refractivity contribution in [1.29, 1.82) is 0 Å². The number of amides is 1. The SMILES string of the molecule is Cc1ccc(Cn2ncc3ccc(C(=O)NCc4cccnc4)cc32)cc1. The molecule has 0 aliphatic heterocycles. The van der Waals surface area contributed by atoms with Crippen molar-refractivity contribution in [3.8, 4) is 0 Å². The van der Waals surface area contributed by atoms with E-state index in [1.54, 1.807) is 12.4 Å². The van der Waals surface area contributed by atoms with E-state index in [1.165, 1.54) is 11.1 Å². The highest BCUT2D eigenvalue weighted by molar-refractivity contribution is 5.97. The highest BCUT2D eigenvalue weighted by Crippen LogP contribution is 2.18. The van der Waals surface area contributed by atoms with E-state index in [1.807, 2.05) is 41.2 Å². The molecule has 0 fully saturated rings. The third-order valence-electron chi connectivity index (χ3n) is 4.54. The Balaban J connectivity index is 1.54. The van der Waals surface area contributed by atoms with Gasteiger partial charge in [0.1, 0.15) is 0 Å². The number of rotatable bonds is 5. The molecular weight excluding hydrogens is 336 g/mol. The molecule has 2 heterocycles. The summed E-state index contributed by atoms with van der Waals surface area (Å²) >= 11 is 0. The quantitative estimate of drug-likeness (QED) is 0.593. The number of nitrogens with one attached hydrogen (secondary N) is 1. The Morgan fingerprint density at radius 2 is 1.89 bits per heavy atom. The molecule has 0 spiro atoms. The second-order valence-electron chi connectivity index (χ2n) is 6.61. The predicted octanol–water partition coefficient (Wildman–Crippen LogP) is 3.72. The molecule has 134 valence electrons. The lowest BCUT2D eigenvalue weighted by atomic mass is 10.1. The van der Waals surface area contributed by atoms with Gasteiger partial charge in [-0.1, -0.05) is 42.0 Å². The van der Waals surface area contributed by atoms with E-state index < -0.39 is 0 Å². The summed E-state index contributed by atoms with van der Waals surface area (Å²) in [5.74, 6) is -0.108. The van der Waals surface area contributed by atoms with Crippen molar-refractivity contribution in [3.05, 3.63) is 95.4 Å². The summed E-state index contributed by atoms with van der Waals surface area (Å²) in [5.41, 5.74) is 4.95. The summed E-state index contributed by atoms with van der Waals surface area (Å²) in [6, 6.07) is 17.9. The van der Waals surface area contributed by atoms with E-state index in [2.05, 4.69) is 46.6 Å². The summed E-state index contributed by atoms with van der Waals surface area (Å²) in [6.07, 6.45) is 5.30. The van der Waals surface area contributed by atoms with Crippen LogP contribution >= 0.6 is 0 Å². The van der Waals surface area contributed by atoms with Gasteiger partial charge in [-0.3, -0.25) is 14.5 Å². The third-order valence-corrected chi connectivity index (χ3v) is 4.54. The molecule has 0 bridgehead atoms. The first-order valence-corrected chi connectivity index (χ1v) is 8.87. The van der Waals surface area contributed by atoms with Crippen molar-refractivity contribution in [2.24, 2.45) is 0 Å². The molecule has 0 saturated heterocycles. The Hall–Kier alpha value is -3.47. The van der Waals surface area contributed by atoms with Crippen LogP contribution in [-0.4, -0.2) is 20.7 Å². The van der Waals surface area contributed by atoms with Crippen LogP contribution < -0.4 is 5.32 Å². The molecule has 0 aliphatic carbocycles. The fourth-order valence-electron chi connectivity index (χ4n) is 2.99. The fraction of sp³-hybridized carbons (Fsp3) is 0.136. The molecule has 4 rings (SSSR count). The van der Waals surface area contributed by atoms with Gasteiger partial charge in [-0.2, -0.15) is 5.10 Å². The molecule has 5 heteroatoms. The maximum Gasteiger partial charge on any atom is 0.251 e. The fourth-order valence-corrected chi connectivity index (χ4v) is 2.99. The molecule has 1 N–H and O–H groups in total. The van der Waals surface area contributed by atoms with Gasteiger partial charge < -0.3 is 5.32 Å². The van der Waals surface area contributed by atoms with Crippen molar-refractivity contribution in [2.75, 3.05) is 0 Å². The van der Waals surface area contributed by atoms with Gasteiger partial charge in [0.2, 0.25) is 0 Å². The minimum atomic E-state index is -0.108. The minimum absolute atomic E-state index is 0.108. The number of hydrogen-bond acceptors (Lipinski definition) is 3. The van der Waals surface area contributed by atoms with Gasteiger partial charge in [0.25, 0.3) is 5.91 Å². The first kappa shape index (κ1) is 17.0. The molecule has 27 heavy (non-hydrogen) atoms. The average molecular weight is 356 g/mol. The number of aromatic nitrogens is 3. The van der Waals surface area contributed by atoms with Crippen LogP contribution in [0.3, 0.4) is 0 Å². The largest absolute Gasteiger partial charge is 0.348 e. The van der Waals surface area contributed by atoms with Crippen molar-refractivity contribution < 1.29 is 4.79 Å². The van der Waals surface area contributed by atoms with Crippen LogP contribution in [-0.2, 0) is 13.1 Å². The van der Waals surface area contributed by atoms with Gasteiger partial charge >= 0.3 is 0 Å². The third kappa shape index (κ3) is 3.87. The second-order valence-corrected chi connectivity index (χ2v) is 6.61. The molecule has 0 unspecified atom stereocenters. The van der Waals surface area contributed by atoms with Crippen LogP contribution in [0.2, 0.25) is 0 Å². The van der Waals surface area contributed by atoms with Crippen molar-refractivity contribution in [2.45, 2.75) is 20.0 Å². The van der Waals surface area contributed by atoms with Gasteiger partial charge in [-0.05, 0) is 36.2 Å². The van der Waals surface area contributed by atoms with Crippen LogP contribution in [0, 0.1) is 6.92 Å². The first-order chi connectivity index (χ1) is 13.2. The smallest absolute Gasteiger partial charge is 0.251 e. The van der Waals surface area contributed by atoms with E-state index in [4.69, 9.17) is 0 Å². The second kappa shape index (κ2) is 7.41. The lowest BCUT2D eigenvalue weighted by molar-refractivity contribution is 0.0951. The van der Waals surface area contributed by atoms with E-state index in [9.17, 15) is 4.79 Å². The summed E-state index contributed by atoms with van der Waals surface area (Å²) in [5, 5.41) is 8.44. The lowest BCUT2D eigenvalue weighted by Gasteiger charge is -2.07. The number of carbonyl (C=O) groups is 1. The topological polar surface area (TPSA) is 59.8 Å². The summed E-state index contributed by atoms with van der Waals surface area (Å²) in [6.45, 7) is 3.20. The highest BCUT2D eigenvalue weighted by atomic mass is 16.1. The van der Waals surface area contributed by atoms with Crippen LogP contribution in [0.4, 0.5) is 0 Å². The van der Waals surface area contributed by atoms with Gasteiger partial charge in [-0.15, -0.1) is 0 Å². The predicted molar refractivity (Wildman–Crippen MR) is 105 cm³/mol. The Bertz CT molecular complexity index is 1070. The number of carbonyl (C=O) groups excluding carboxylic acids is 1. The summed E-state index contributed by atoms with van der Waals surface area (Å²) < 4.78 is 1.93. The van der Waals surface area contributed by atoms with Gasteiger partial charge in [-0.25, -0.2) is 0 Å². The molecule has 0 atom stereocenters. The zero-order valence-corrected chi connectivity index (χ0v) is 15.1. The first-order valence-electron chi connectivity index (χ1n) is 8.87. The Kier molecular flexibility index (Phi) is 4.66. The van der Waals surface area contributed by atoms with Crippen LogP contribution in [0.1, 0.15) is 27.0 Å². The van der Waals surface area contributed by atoms with Crippen molar-refractivity contribution >= 4 is 16.8 Å². The molecule has 0 saturated carbocycles. The van der Waals surface area contributed by atoms with E-state index in [-0.39, 0.29) is 5.91 Å². The Labute approximate surface area is 157 Å². The molecule has 2 aromatic carbocycles. The van der Waals surface area contributed by atoms with Gasteiger partial charge in [0.05, 0.1) is 18.3 Å². The van der Waals surface area contributed by atoms with E-state index in [0.717, 1.165) is 16.5 Å². The van der Waals surface area contributed by atoms with Crippen molar-refractivity contribution in [3.63, 3.8) is 0 Å². The van der Waals surface area contributed by atoms with Crippen molar-refractivity contribution in [1.82, 2.24) is 20.1 Å². The number of fused-ring (bicyclic) bond motifs is 1. The standard InChI is InChI=1S/C22H20N4O/c1-16-4-6-17(7-5-16)15-26-21-11-19(8-9-20(21)14-25-26)22(27)24-13-18-3-2-10-23-12-18/h2-12,14H,13,15H2,1H3,(H,24,27). The molecule has 0 radical (unpaired) electrons. The monoisotopic (exact) mass is 356 g/mol. The Morgan fingerprint density at radius 3 is 2.67 bits per heavy atom. The lowest BCUT2D eigenvalue weighted by Crippen LogP contribution is -2.22. The van der Waals surface area contributed by atoms with Crippen LogP contribution in [0.15, 0.2) is 73.2 Å². The van der Waals surface area contributed by atoms with Gasteiger partial charge in [0.15, 0.2) is 0 Å². The molecule has 4 aromatic rings. The average Bonchev–Trinajstić information content (AvgIpc) is 3.11. The molecule has 1 amide bonds. The minimum Gasteiger partial charge on any atom is -0.348 e. The van der Waals surface area contributed by atoms with Crippen LogP contribution in [0.25, 0.3) is 10.9 Å². The zero-order chi connectivity index (χ0) is 18.6. The number of benzene rings is 2. The maximum absolute atomic E-state index is 12.5. The Morgan fingerprint density at radius 1 is 1.04 bits per heavy atom. The zero-order valence-electron chi connectivity index (χ0n) is 15.1. The number of hydrogen-bond donors (Lipinski definition) is 1. The molecule has 0 aliphatic rings. The normalized spacial score (nSPS) is 10.9. The molecule has 5 nitrogen and oxygen atoms in total. The van der Waals surface area contributed by atoms with E-state index >= 15 is 0 Å². The number of aryl methyl sites for hydroxylation is 1. The molecule has 2 aromatic heterocycles. The number of nitrogens with zero attached hydrogens (tertiary/aromatic N) is 3. The number of pyridine rings is 1. The summed E-state index contributed by atoms with van der Waals surface area (Å²) in [7, 11) is 0. The summed E-state index contributed by atoms with van der Waals surface area (Å²) in [4.78, 5) is 16.6. The van der Waals surface area contributed by atoms with Gasteiger partial charge in [0, 0.05) is 29.9 Å². The highest BCUT2D eigenvalue weighted by Gasteiger charge is 2.10. The van der Waals surface area contributed by atoms with Crippen LogP contribution in [0.5, 0.6) is 0 Å². The maximum atomic E-state index is 12.5.